The molecule has 5 nitrogen and oxygen atoms in total. The Morgan fingerprint density at radius 2 is 1.85 bits per heavy atom. The minimum Gasteiger partial charge on any atom is -0.480 e. The first-order chi connectivity index (χ1) is 12.5. The molecule has 4 rings (SSSR count). The van der Waals surface area contributed by atoms with Crippen LogP contribution < -0.4 is 10.1 Å². The zero-order valence-electron chi connectivity index (χ0n) is 15.1. The second-order valence-electron chi connectivity index (χ2n) is 6.77. The highest BCUT2D eigenvalue weighted by Gasteiger charge is 2.30. The number of carbonyl (C=O) groups is 1. The zero-order chi connectivity index (χ0) is 18.3. The predicted molar refractivity (Wildman–Crippen MR) is 101 cm³/mol. The molecule has 0 spiro atoms. The number of para-hydroxylation sites is 1. The summed E-state index contributed by atoms with van der Waals surface area (Å²) in [6, 6.07) is 13.9. The molecule has 0 bridgehead atoms. The Bertz CT molecular complexity index is 945. The number of nitrogens with zero attached hydrogens (tertiary/aromatic N) is 2. The quantitative estimate of drug-likeness (QED) is 0.785. The molecule has 0 fully saturated rings. The van der Waals surface area contributed by atoms with Crippen LogP contribution in [0.15, 0.2) is 48.7 Å². The van der Waals surface area contributed by atoms with E-state index in [-0.39, 0.29) is 5.91 Å². The number of fused-ring (bicyclic) bond motifs is 1. The van der Waals surface area contributed by atoms with E-state index in [1.807, 2.05) is 50.2 Å². The van der Waals surface area contributed by atoms with Gasteiger partial charge in [0.05, 0.1) is 11.9 Å². The van der Waals surface area contributed by atoms with Crippen LogP contribution in [0.25, 0.3) is 5.69 Å². The van der Waals surface area contributed by atoms with Gasteiger partial charge in [-0.1, -0.05) is 24.3 Å². The molecular weight excluding hydrogens is 326 g/mol. The topological polar surface area (TPSA) is 56.1 Å². The lowest BCUT2D eigenvalue weighted by molar-refractivity contribution is -0.122. The van der Waals surface area contributed by atoms with Crippen LogP contribution in [-0.2, 0) is 11.2 Å². The van der Waals surface area contributed by atoms with E-state index >= 15 is 0 Å². The number of carbonyl (C=O) groups excluding carboxylic acids is 1. The number of hydrogen-bond donors (Lipinski definition) is 1. The average molecular weight is 347 g/mol. The van der Waals surface area contributed by atoms with Gasteiger partial charge >= 0.3 is 0 Å². The molecule has 5 heteroatoms. The van der Waals surface area contributed by atoms with Gasteiger partial charge in [-0.2, -0.15) is 5.10 Å². The van der Waals surface area contributed by atoms with E-state index in [4.69, 9.17) is 4.74 Å². The average Bonchev–Trinajstić information content (AvgIpc) is 3.20. The molecule has 1 unspecified atom stereocenters. The highest BCUT2D eigenvalue weighted by atomic mass is 16.5. The maximum absolute atomic E-state index is 12.8. The molecule has 1 aliphatic rings. The fourth-order valence-electron chi connectivity index (χ4n) is 3.20. The van der Waals surface area contributed by atoms with Gasteiger partial charge in [0.2, 0.25) is 0 Å². The minimum absolute atomic E-state index is 0.155. The fourth-order valence-corrected chi connectivity index (χ4v) is 3.20. The molecule has 1 amide bonds. The molecule has 0 aliphatic carbocycles. The third-order valence-corrected chi connectivity index (χ3v) is 4.84. The van der Waals surface area contributed by atoms with E-state index in [2.05, 4.69) is 23.4 Å². The summed E-state index contributed by atoms with van der Waals surface area (Å²) in [4.78, 5) is 12.8. The molecule has 2 heterocycles. The van der Waals surface area contributed by atoms with Crippen LogP contribution in [0.4, 0.5) is 5.82 Å². The molecule has 3 aromatic rings. The van der Waals surface area contributed by atoms with Crippen molar-refractivity contribution in [3.05, 3.63) is 70.9 Å². The third-order valence-electron chi connectivity index (χ3n) is 4.84. The predicted octanol–water partition coefficient (Wildman–Crippen LogP) is 3.74. The molecule has 0 saturated heterocycles. The van der Waals surface area contributed by atoms with Crippen molar-refractivity contribution in [2.75, 3.05) is 5.32 Å². The number of amides is 1. The van der Waals surface area contributed by atoms with E-state index in [1.54, 1.807) is 10.9 Å². The van der Waals surface area contributed by atoms with Crippen LogP contribution in [0.2, 0.25) is 0 Å². The third kappa shape index (κ3) is 2.86. The number of aromatic nitrogens is 2. The smallest absolute Gasteiger partial charge is 0.266 e. The Kier molecular flexibility index (Phi) is 3.99. The number of nitrogens with one attached hydrogen (secondary N) is 1. The molecule has 132 valence electrons. The van der Waals surface area contributed by atoms with E-state index in [9.17, 15) is 4.79 Å². The maximum atomic E-state index is 12.8. The number of hydrogen-bond acceptors (Lipinski definition) is 3. The Labute approximate surface area is 152 Å². The SMILES string of the molecule is Cc1cc2c(cc1C)OC(C(=O)Nc1c(C)cnn1-c1ccccc1)C2. The van der Waals surface area contributed by atoms with Crippen LogP contribution in [0, 0.1) is 20.8 Å². The molecule has 1 aliphatic heterocycles. The summed E-state index contributed by atoms with van der Waals surface area (Å²) >= 11 is 0. The van der Waals surface area contributed by atoms with Gasteiger partial charge in [0, 0.05) is 12.0 Å². The van der Waals surface area contributed by atoms with E-state index < -0.39 is 6.10 Å². The first-order valence-corrected chi connectivity index (χ1v) is 8.70. The second-order valence-corrected chi connectivity index (χ2v) is 6.77. The van der Waals surface area contributed by atoms with Crippen molar-refractivity contribution in [2.24, 2.45) is 0 Å². The molecule has 1 aromatic heterocycles. The van der Waals surface area contributed by atoms with Crippen molar-refractivity contribution in [1.29, 1.82) is 0 Å². The van der Waals surface area contributed by atoms with Gasteiger partial charge in [0.25, 0.3) is 5.91 Å². The standard InChI is InChI=1S/C21H21N3O2/c1-13-9-16-11-19(26-18(16)10-14(13)2)21(25)23-20-15(3)12-22-24(20)17-7-5-4-6-8-17/h4-10,12,19H,11H2,1-3H3,(H,23,25). The molecular formula is C21H21N3O2. The van der Waals surface area contributed by atoms with Gasteiger partial charge in [0.1, 0.15) is 11.6 Å². The van der Waals surface area contributed by atoms with Crippen molar-refractivity contribution in [2.45, 2.75) is 33.3 Å². The number of rotatable bonds is 3. The zero-order valence-corrected chi connectivity index (χ0v) is 15.1. The first-order valence-electron chi connectivity index (χ1n) is 8.70. The van der Waals surface area contributed by atoms with Gasteiger partial charge in [0.15, 0.2) is 6.10 Å². The van der Waals surface area contributed by atoms with Crippen molar-refractivity contribution in [1.82, 2.24) is 9.78 Å². The summed E-state index contributed by atoms with van der Waals surface area (Å²) in [5.41, 5.74) is 5.28. The van der Waals surface area contributed by atoms with Gasteiger partial charge in [-0.3, -0.25) is 4.79 Å². The van der Waals surface area contributed by atoms with Crippen molar-refractivity contribution in [3.63, 3.8) is 0 Å². The fraction of sp³-hybridized carbons (Fsp3) is 0.238. The number of anilines is 1. The second kappa shape index (κ2) is 6.33. The first kappa shape index (κ1) is 16.4. The van der Waals surface area contributed by atoms with Crippen LogP contribution in [0.5, 0.6) is 5.75 Å². The largest absolute Gasteiger partial charge is 0.480 e. The molecule has 1 atom stereocenters. The van der Waals surface area contributed by atoms with Gasteiger partial charge in [-0.25, -0.2) is 4.68 Å². The Hall–Kier alpha value is -3.08. The lowest BCUT2D eigenvalue weighted by Gasteiger charge is -2.14. The number of ether oxygens (including phenoxy) is 1. The van der Waals surface area contributed by atoms with E-state index in [1.165, 1.54) is 11.1 Å². The highest BCUT2D eigenvalue weighted by Crippen LogP contribution is 2.32. The van der Waals surface area contributed by atoms with Crippen LogP contribution in [0.1, 0.15) is 22.3 Å². The Morgan fingerprint density at radius 1 is 1.12 bits per heavy atom. The van der Waals surface area contributed by atoms with Gasteiger partial charge in [-0.15, -0.1) is 0 Å². The maximum Gasteiger partial charge on any atom is 0.266 e. The number of aryl methyl sites for hydroxylation is 3. The summed E-state index contributed by atoms with van der Waals surface area (Å²) in [5.74, 6) is 1.33. The summed E-state index contributed by atoms with van der Waals surface area (Å²) in [6.07, 6.45) is 1.81. The van der Waals surface area contributed by atoms with Crippen molar-refractivity contribution >= 4 is 11.7 Å². The summed E-state index contributed by atoms with van der Waals surface area (Å²) in [6.45, 7) is 6.05. The molecule has 1 N–H and O–H groups in total. The van der Waals surface area contributed by atoms with E-state index in [0.29, 0.717) is 12.2 Å². The molecule has 0 saturated carbocycles. The summed E-state index contributed by atoms with van der Waals surface area (Å²) < 4.78 is 7.64. The minimum atomic E-state index is -0.523. The normalized spacial score (nSPS) is 15.4. The Balaban J connectivity index is 1.56. The molecule has 0 radical (unpaired) electrons. The Morgan fingerprint density at radius 3 is 2.62 bits per heavy atom. The lowest BCUT2D eigenvalue weighted by atomic mass is 10.0. The number of benzene rings is 2. The highest BCUT2D eigenvalue weighted by molar-refractivity contribution is 5.95. The summed E-state index contributed by atoms with van der Waals surface area (Å²) in [5, 5.41) is 7.39. The van der Waals surface area contributed by atoms with E-state index in [0.717, 1.165) is 22.6 Å². The lowest BCUT2D eigenvalue weighted by Crippen LogP contribution is -2.32. The van der Waals surface area contributed by atoms with Crippen molar-refractivity contribution < 1.29 is 9.53 Å². The monoisotopic (exact) mass is 347 g/mol. The van der Waals surface area contributed by atoms with Crippen LogP contribution in [-0.4, -0.2) is 21.8 Å². The van der Waals surface area contributed by atoms with Crippen LogP contribution >= 0.6 is 0 Å². The van der Waals surface area contributed by atoms with Crippen molar-refractivity contribution in [3.8, 4) is 11.4 Å². The molecule has 26 heavy (non-hydrogen) atoms. The summed E-state index contributed by atoms with van der Waals surface area (Å²) in [7, 11) is 0. The van der Waals surface area contributed by atoms with Gasteiger partial charge < -0.3 is 10.1 Å². The van der Waals surface area contributed by atoms with Crippen LogP contribution in [0.3, 0.4) is 0 Å². The van der Waals surface area contributed by atoms with Gasteiger partial charge in [-0.05, 0) is 55.7 Å². The molecule has 2 aromatic carbocycles.